The number of para-hydroxylation sites is 1. The van der Waals surface area contributed by atoms with Gasteiger partial charge in [-0.1, -0.05) is 42.5 Å². The SMILES string of the molecule is CN(c1ccccc1)c1ccc(NC(=O)OC2CC(=O)N(C3Cc4ccccc4C3)C2)cc1. The van der Waals surface area contributed by atoms with Crippen LogP contribution in [0.25, 0.3) is 0 Å². The van der Waals surface area contributed by atoms with Gasteiger partial charge in [-0.15, -0.1) is 0 Å². The van der Waals surface area contributed by atoms with Crippen molar-refractivity contribution in [3.8, 4) is 0 Å². The monoisotopic (exact) mass is 441 g/mol. The zero-order chi connectivity index (χ0) is 22.8. The third-order valence-corrected chi connectivity index (χ3v) is 6.51. The molecule has 5 rings (SSSR count). The van der Waals surface area contributed by atoms with Gasteiger partial charge in [0.1, 0.15) is 6.10 Å². The summed E-state index contributed by atoms with van der Waals surface area (Å²) in [5.41, 5.74) is 5.35. The number of amides is 2. The maximum atomic E-state index is 12.6. The molecule has 0 saturated carbocycles. The summed E-state index contributed by atoms with van der Waals surface area (Å²) in [4.78, 5) is 29.0. The smallest absolute Gasteiger partial charge is 0.411 e. The van der Waals surface area contributed by atoms with E-state index in [1.54, 1.807) is 0 Å². The van der Waals surface area contributed by atoms with E-state index in [-0.39, 0.29) is 18.4 Å². The average Bonchev–Trinajstić information content (AvgIpc) is 3.42. The van der Waals surface area contributed by atoms with Crippen LogP contribution >= 0.6 is 0 Å². The van der Waals surface area contributed by atoms with Gasteiger partial charge in [-0.05, 0) is 60.4 Å². The number of nitrogens with zero attached hydrogens (tertiary/aromatic N) is 2. The number of carbonyl (C=O) groups excluding carboxylic acids is 2. The van der Waals surface area contributed by atoms with Crippen molar-refractivity contribution in [3.63, 3.8) is 0 Å². The van der Waals surface area contributed by atoms with Gasteiger partial charge in [-0.3, -0.25) is 10.1 Å². The van der Waals surface area contributed by atoms with Gasteiger partial charge >= 0.3 is 6.09 Å². The summed E-state index contributed by atoms with van der Waals surface area (Å²) in [6.45, 7) is 0.450. The Labute approximate surface area is 193 Å². The van der Waals surface area contributed by atoms with Gasteiger partial charge in [-0.2, -0.15) is 0 Å². The molecular weight excluding hydrogens is 414 g/mol. The van der Waals surface area contributed by atoms with Crippen molar-refractivity contribution in [3.05, 3.63) is 90.0 Å². The molecule has 0 radical (unpaired) electrons. The van der Waals surface area contributed by atoms with Gasteiger partial charge in [0.2, 0.25) is 5.91 Å². The second-order valence-electron chi connectivity index (χ2n) is 8.67. The van der Waals surface area contributed by atoms with Gasteiger partial charge in [0.05, 0.1) is 13.0 Å². The Morgan fingerprint density at radius 1 is 0.879 bits per heavy atom. The molecule has 6 heteroatoms. The molecule has 0 bridgehead atoms. The second kappa shape index (κ2) is 8.98. The van der Waals surface area contributed by atoms with E-state index in [9.17, 15) is 9.59 Å². The van der Waals surface area contributed by atoms with E-state index in [2.05, 4.69) is 22.3 Å². The van der Waals surface area contributed by atoms with E-state index in [0.29, 0.717) is 12.2 Å². The Morgan fingerprint density at radius 3 is 2.15 bits per heavy atom. The van der Waals surface area contributed by atoms with Crippen LogP contribution in [0.1, 0.15) is 17.5 Å². The summed E-state index contributed by atoms with van der Waals surface area (Å²) in [6, 6.07) is 26.1. The van der Waals surface area contributed by atoms with E-state index < -0.39 is 12.2 Å². The Hall–Kier alpha value is -3.80. The van der Waals surface area contributed by atoms with Gasteiger partial charge in [0, 0.05) is 30.2 Å². The first kappa shape index (κ1) is 21.1. The molecular formula is C27H27N3O3. The molecule has 3 aromatic rings. The molecule has 1 N–H and O–H groups in total. The van der Waals surface area contributed by atoms with Crippen LogP contribution in [0, 0.1) is 0 Å². The first-order chi connectivity index (χ1) is 16.1. The predicted octanol–water partition coefficient (Wildman–Crippen LogP) is 4.77. The lowest BCUT2D eigenvalue weighted by atomic mass is 10.1. The van der Waals surface area contributed by atoms with Gasteiger partial charge in [0.25, 0.3) is 0 Å². The first-order valence-corrected chi connectivity index (χ1v) is 11.3. The highest BCUT2D eigenvalue weighted by Gasteiger charge is 2.38. The van der Waals surface area contributed by atoms with Crippen LogP contribution in [0.4, 0.5) is 21.9 Å². The van der Waals surface area contributed by atoms with E-state index >= 15 is 0 Å². The van der Waals surface area contributed by atoms with Crippen LogP contribution in [0.15, 0.2) is 78.9 Å². The summed E-state index contributed by atoms with van der Waals surface area (Å²) in [6.07, 6.45) is 1.01. The first-order valence-electron chi connectivity index (χ1n) is 11.3. The molecule has 6 nitrogen and oxygen atoms in total. The van der Waals surface area contributed by atoms with Crippen molar-refractivity contribution in [1.29, 1.82) is 0 Å². The minimum absolute atomic E-state index is 0.0545. The summed E-state index contributed by atoms with van der Waals surface area (Å²) in [7, 11) is 2.00. The van der Waals surface area contributed by atoms with Gasteiger partial charge in [-0.25, -0.2) is 4.79 Å². The molecule has 2 amide bonds. The number of anilines is 3. The van der Waals surface area contributed by atoms with Crippen LogP contribution in [-0.4, -0.2) is 42.6 Å². The molecule has 2 aliphatic rings. The number of hydrogen-bond donors (Lipinski definition) is 1. The minimum atomic E-state index is -0.534. The minimum Gasteiger partial charge on any atom is -0.444 e. The van der Waals surface area contributed by atoms with E-state index in [1.807, 2.05) is 78.7 Å². The van der Waals surface area contributed by atoms with Crippen LogP contribution < -0.4 is 10.2 Å². The molecule has 0 aromatic heterocycles. The van der Waals surface area contributed by atoms with Gasteiger partial charge in [0.15, 0.2) is 0 Å². The number of hydrogen-bond acceptors (Lipinski definition) is 4. The maximum absolute atomic E-state index is 12.6. The van der Waals surface area contributed by atoms with Crippen molar-refractivity contribution in [1.82, 2.24) is 4.90 Å². The van der Waals surface area contributed by atoms with Crippen LogP contribution in [0.2, 0.25) is 0 Å². The number of benzene rings is 3. The highest BCUT2D eigenvalue weighted by molar-refractivity contribution is 5.86. The molecule has 1 atom stereocenters. The number of ether oxygens (including phenoxy) is 1. The van der Waals surface area contributed by atoms with E-state index in [1.165, 1.54) is 11.1 Å². The molecule has 1 heterocycles. The Bertz CT molecular complexity index is 1120. The fourth-order valence-corrected chi connectivity index (χ4v) is 4.75. The zero-order valence-corrected chi connectivity index (χ0v) is 18.6. The zero-order valence-electron chi connectivity index (χ0n) is 18.6. The van der Waals surface area contributed by atoms with Crippen LogP contribution in [0.5, 0.6) is 0 Å². The lowest BCUT2D eigenvalue weighted by molar-refractivity contribution is -0.129. The van der Waals surface area contributed by atoms with E-state index in [0.717, 1.165) is 24.2 Å². The van der Waals surface area contributed by atoms with E-state index in [4.69, 9.17) is 4.74 Å². The van der Waals surface area contributed by atoms with Crippen molar-refractivity contribution in [2.45, 2.75) is 31.4 Å². The molecule has 1 aliphatic carbocycles. The molecule has 168 valence electrons. The molecule has 1 saturated heterocycles. The lowest BCUT2D eigenvalue weighted by Crippen LogP contribution is -2.38. The maximum Gasteiger partial charge on any atom is 0.411 e. The highest BCUT2D eigenvalue weighted by atomic mass is 16.6. The van der Waals surface area contributed by atoms with Crippen molar-refractivity contribution in [2.24, 2.45) is 0 Å². The topological polar surface area (TPSA) is 61.9 Å². The predicted molar refractivity (Wildman–Crippen MR) is 129 cm³/mol. The summed E-state index contributed by atoms with van der Waals surface area (Å²) in [5, 5.41) is 2.78. The third kappa shape index (κ3) is 4.55. The molecule has 0 spiro atoms. The number of fused-ring (bicyclic) bond motifs is 1. The number of likely N-dealkylation sites (tertiary alicyclic amines) is 1. The Morgan fingerprint density at radius 2 is 1.48 bits per heavy atom. The fourth-order valence-electron chi connectivity index (χ4n) is 4.75. The normalized spacial score (nSPS) is 17.7. The largest absolute Gasteiger partial charge is 0.444 e. The number of carbonyl (C=O) groups is 2. The number of nitrogens with one attached hydrogen (secondary N) is 1. The Kier molecular flexibility index (Phi) is 5.73. The molecule has 33 heavy (non-hydrogen) atoms. The van der Waals surface area contributed by atoms with Crippen molar-refractivity contribution >= 4 is 29.1 Å². The molecule has 1 unspecified atom stereocenters. The quantitative estimate of drug-likeness (QED) is 0.620. The van der Waals surface area contributed by atoms with Crippen LogP contribution in [-0.2, 0) is 22.4 Å². The summed E-state index contributed by atoms with van der Waals surface area (Å²) in [5.74, 6) is 0.0545. The highest BCUT2D eigenvalue weighted by Crippen LogP contribution is 2.29. The van der Waals surface area contributed by atoms with Gasteiger partial charge < -0.3 is 14.5 Å². The number of rotatable bonds is 5. The summed E-state index contributed by atoms with van der Waals surface area (Å²) >= 11 is 0. The van der Waals surface area contributed by atoms with Crippen molar-refractivity contribution in [2.75, 3.05) is 23.8 Å². The average molecular weight is 442 g/mol. The van der Waals surface area contributed by atoms with Crippen molar-refractivity contribution < 1.29 is 14.3 Å². The van der Waals surface area contributed by atoms with Crippen LogP contribution in [0.3, 0.4) is 0 Å². The summed E-state index contributed by atoms with van der Waals surface area (Å²) < 4.78 is 5.58. The third-order valence-electron chi connectivity index (χ3n) is 6.51. The molecule has 3 aromatic carbocycles. The second-order valence-corrected chi connectivity index (χ2v) is 8.67. The Balaban J connectivity index is 1.14. The standard InChI is InChI=1S/C27H27N3O3/c1-29(22-9-3-2-4-10-22)23-13-11-21(12-14-23)28-27(32)33-25-17-26(31)30(18-25)24-15-19-7-5-6-8-20(19)16-24/h2-14,24-25H,15-18H2,1H3,(H,28,32). The fraction of sp³-hybridized carbons (Fsp3) is 0.259. The lowest BCUT2D eigenvalue weighted by Gasteiger charge is -2.24. The molecule has 1 aliphatic heterocycles. The molecule has 1 fully saturated rings.